The second-order valence-electron chi connectivity index (χ2n) is 3.91. The van der Waals surface area contributed by atoms with E-state index in [9.17, 15) is 18.8 Å². The van der Waals surface area contributed by atoms with Gasteiger partial charge < -0.3 is 0 Å². The smallest absolute Gasteiger partial charge is 0.295 e. The summed E-state index contributed by atoms with van der Waals surface area (Å²) in [5.74, 6) is 2.03. The number of benzene rings is 1. The Morgan fingerprint density at radius 1 is 1.44 bits per heavy atom. The summed E-state index contributed by atoms with van der Waals surface area (Å²) in [4.78, 5) is 35.6. The molecule has 2 rings (SSSR count). The maximum absolute atomic E-state index is 13.2. The Kier molecular flexibility index (Phi) is 2.84. The fourth-order valence-corrected chi connectivity index (χ4v) is 1.95. The highest BCUT2D eigenvalue weighted by molar-refractivity contribution is 6.52. The number of nitrogens with two attached hydrogens (primary N) is 1. The van der Waals surface area contributed by atoms with Crippen LogP contribution < -0.4 is 16.2 Å². The lowest BCUT2D eigenvalue weighted by Gasteiger charge is -2.17. The van der Waals surface area contributed by atoms with Crippen molar-refractivity contribution >= 4 is 23.3 Å². The van der Waals surface area contributed by atoms with Crippen molar-refractivity contribution in [2.45, 2.75) is 6.92 Å². The van der Waals surface area contributed by atoms with Gasteiger partial charge in [0.25, 0.3) is 17.6 Å². The van der Waals surface area contributed by atoms with Gasteiger partial charge in [-0.1, -0.05) is 0 Å². The van der Waals surface area contributed by atoms with Gasteiger partial charge in [-0.2, -0.15) is 0 Å². The number of nitrogens with one attached hydrogen (secondary N) is 1. The van der Waals surface area contributed by atoms with Crippen molar-refractivity contribution in [3.05, 3.63) is 29.1 Å². The first-order valence-electron chi connectivity index (χ1n) is 5.11. The molecule has 1 aromatic carbocycles. The predicted octanol–water partition coefficient (Wildman–Crippen LogP) is -0.347. The molecular formula is C11H10FN3O3. The molecule has 0 bridgehead atoms. The van der Waals surface area contributed by atoms with Crippen molar-refractivity contribution in [1.82, 2.24) is 5.43 Å². The number of aryl methyl sites for hydroxylation is 1. The van der Waals surface area contributed by atoms with E-state index < -0.39 is 23.4 Å². The lowest BCUT2D eigenvalue weighted by Crippen LogP contribution is -2.42. The molecule has 0 fully saturated rings. The molecule has 1 heterocycles. The number of hydrogen-bond acceptors (Lipinski definition) is 4. The van der Waals surface area contributed by atoms with Gasteiger partial charge in [-0.3, -0.25) is 24.7 Å². The number of hydrogen-bond donors (Lipinski definition) is 2. The zero-order valence-electron chi connectivity index (χ0n) is 9.49. The number of rotatable bonds is 2. The van der Waals surface area contributed by atoms with Crippen molar-refractivity contribution in [1.29, 1.82) is 0 Å². The highest BCUT2D eigenvalue weighted by Crippen LogP contribution is 2.32. The molecule has 0 spiro atoms. The Morgan fingerprint density at radius 3 is 2.72 bits per heavy atom. The molecule has 3 N–H and O–H groups in total. The monoisotopic (exact) mass is 251 g/mol. The first-order chi connectivity index (χ1) is 8.45. The summed E-state index contributed by atoms with van der Waals surface area (Å²) in [7, 11) is 0. The zero-order chi connectivity index (χ0) is 13.4. The molecule has 7 heteroatoms. The van der Waals surface area contributed by atoms with Gasteiger partial charge in [0.1, 0.15) is 12.4 Å². The molecule has 0 saturated heterocycles. The van der Waals surface area contributed by atoms with Gasteiger partial charge in [0.2, 0.25) is 0 Å². The average Bonchev–Trinajstić information content (AvgIpc) is 2.54. The second-order valence-corrected chi connectivity index (χ2v) is 3.91. The number of halogens is 1. The molecule has 0 radical (unpaired) electrons. The Balaban J connectivity index is 2.51. The van der Waals surface area contributed by atoms with E-state index in [1.807, 2.05) is 5.43 Å². The van der Waals surface area contributed by atoms with Gasteiger partial charge in [0.05, 0.1) is 11.3 Å². The first-order valence-corrected chi connectivity index (χ1v) is 5.11. The SMILES string of the molecule is Cc1cc(F)cc2c1N(CC(=O)NN)C(=O)C2=O. The lowest BCUT2D eigenvalue weighted by molar-refractivity contribution is -0.122. The van der Waals surface area contributed by atoms with Crippen molar-refractivity contribution in [2.24, 2.45) is 5.84 Å². The largest absolute Gasteiger partial charge is 0.299 e. The van der Waals surface area contributed by atoms with Crippen LogP contribution in [0.15, 0.2) is 12.1 Å². The Labute approximate surface area is 102 Å². The van der Waals surface area contributed by atoms with Crippen LogP contribution in [0.5, 0.6) is 0 Å². The van der Waals surface area contributed by atoms with E-state index in [4.69, 9.17) is 5.84 Å². The van der Waals surface area contributed by atoms with Crippen molar-refractivity contribution < 1.29 is 18.8 Å². The van der Waals surface area contributed by atoms with E-state index >= 15 is 0 Å². The Hall–Kier alpha value is -2.28. The normalized spacial score (nSPS) is 13.8. The van der Waals surface area contributed by atoms with E-state index in [2.05, 4.69) is 0 Å². The molecule has 1 aliphatic heterocycles. The van der Waals surface area contributed by atoms with E-state index in [1.54, 1.807) is 6.92 Å². The number of hydrazine groups is 1. The van der Waals surface area contributed by atoms with Crippen LogP contribution in [0.2, 0.25) is 0 Å². The topological polar surface area (TPSA) is 92.5 Å². The Bertz CT molecular complexity index is 571. The number of carbonyl (C=O) groups excluding carboxylic acids is 3. The van der Waals surface area contributed by atoms with Gasteiger partial charge >= 0.3 is 0 Å². The quantitative estimate of drug-likeness (QED) is 0.325. The van der Waals surface area contributed by atoms with Crippen LogP contribution in [-0.2, 0) is 9.59 Å². The summed E-state index contributed by atoms with van der Waals surface area (Å²) in [6.07, 6.45) is 0. The van der Waals surface area contributed by atoms with E-state index in [-0.39, 0.29) is 17.8 Å². The molecule has 0 saturated carbocycles. The van der Waals surface area contributed by atoms with E-state index in [0.29, 0.717) is 5.56 Å². The number of carbonyl (C=O) groups is 3. The number of fused-ring (bicyclic) bond motifs is 1. The van der Waals surface area contributed by atoms with Crippen LogP contribution in [0.4, 0.5) is 10.1 Å². The summed E-state index contributed by atoms with van der Waals surface area (Å²) >= 11 is 0. The zero-order valence-corrected chi connectivity index (χ0v) is 9.49. The summed E-state index contributed by atoms with van der Waals surface area (Å²) in [5, 5.41) is 0. The van der Waals surface area contributed by atoms with Crippen LogP contribution >= 0.6 is 0 Å². The van der Waals surface area contributed by atoms with Crippen LogP contribution in [0.25, 0.3) is 0 Å². The van der Waals surface area contributed by atoms with Gasteiger partial charge in [0.15, 0.2) is 0 Å². The maximum Gasteiger partial charge on any atom is 0.299 e. The minimum Gasteiger partial charge on any atom is -0.295 e. The molecule has 1 aliphatic rings. The second kappa shape index (κ2) is 4.19. The number of amides is 2. The standard InChI is InChI=1S/C11H10FN3O3/c1-5-2-6(12)3-7-9(5)15(4-8(16)14-13)11(18)10(7)17/h2-3H,4,13H2,1H3,(H,14,16). The fraction of sp³-hybridized carbons (Fsp3) is 0.182. The van der Waals surface area contributed by atoms with Gasteiger partial charge in [-0.15, -0.1) is 0 Å². The van der Waals surface area contributed by atoms with Crippen molar-refractivity contribution in [2.75, 3.05) is 11.4 Å². The number of nitrogens with zero attached hydrogens (tertiary/aromatic N) is 1. The van der Waals surface area contributed by atoms with E-state index in [0.717, 1.165) is 11.0 Å². The summed E-state index contributed by atoms with van der Waals surface area (Å²) < 4.78 is 13.2. The van der Waals surface area contributed by atoms with Crippen LogP contribution in [0, 0.1) is 12.7 Å². The fourth-order valence-electron chi connectivity index (χ4n) is 1.95. The lowest BCUT2D eigenvalue weighted by atomic mass is 10.1. The maximum atomic E-state index is 13.2. The summed E-state index contributed by atoms with van der Waals surface area (Å²) in [6.45, 7) is 1.18. The molecule has 0 unspecified atom stereocenters. The van der Waals surface area contributed by atoms with Crippen LogP contribution in [0.3, 0.4) is 0 Å². The van der Waals surface area contributed by atoms with Crippen molar-refractivity contribution in [3.63, 3.8) is 0 Å². The molecule has 94 valence electrons. The van der Waals surface area contributed by atoms with Gasteiger partial charge in [-0.05, 0) is 24.6 Å². The molecule has 0 aliphatic carbocycles. The third-order valence-electron chi connectivity index (χ3n) is 2.68. The summed E-state index contributed by atoms with van der Waals surface area (Å²) in [5.41, 5.74) is 2.52. The molecule has 6 nitrogen and oxygen atoms in total. The Morgan fingerprint density at radius 2 is 2.11 bits per heavy atom. The van der Waals surface area contributed by atoms with Crippen molar-refractivity contribution in [3.8, 4) is 0 Å². The first kappa shape index (κ1) is 12.2. The average molecular weight is 251 g/mol. The number of ketones is 1. The molecule has 0 atom stereocenters. The van der Waals surface area contributed by atoms with Gasteiger partial charge in [0, 0.05) is 0 Å². The van der Waals surface area contributed by atoms with Gasteiger partial charge in [-0.25, -0.2) is 10.2 Å². The molecule has 2 amide bonds. The number of anilines is 1. The van der Waals surface area contributed by atoms with E-state index in [1.165, 1.54) is 6.07 Å². The molecule has 1 aromatic rings. The minimum atomic E-state index is -0.859. The van der Waals surface area contributed by atoms with Crippen LogP contribution in [0.1, 0.15) is 15.9 Å². The third-order valence-corrected chi connectivity index (χ3v) is 2.68. The predicted molar refractivity (Wildman–Crippen MR) is 60.2 cm³/mol. The highest BCUT2D eigenvalue weighted by atomic mass is 19.1. The molecule has 18 heavy (non-hydrogen) atoms. The van der Waals surface area contributed by atoms with Crippen LogP contribution in [-0.4, -0.2) is 24.1 Å². The molecular weight excluding hydrogens is 241 g/mol. The minimum absolute atomic E-state index is 0.0256. The number of Topliss-reactive ketones (excluding diaryl/α,β-unsaturated/α-hetero) is 1. The third kappa shape index (κ3) is 1.74. The molecule has 0 aromatic heterocycles. The summed E-state index contributed by atoms with van der Waals surface area (Å²) in [6, 6.07) is 2.18. The highest BCUT2D eigenvalue weighted by Gasteiger charge is 2.38.